The predicted octanol–water partition coefficient (Wildman–Crippen LogP) is 1.91. The van der Waals surface area contributed by atoms with Crippen molar-refractivity contribution in [2.45, 2.75) is 6.10 Å². The quantitative estimate of drug-likeness (QED) is 0.710. The lowest BCUT2D eigenvalue weighted by atomic mass is 10.2. The number of likely N-dealkylation sites (N-methyl/N-ethyl adjacent to an activating group) is 1. The van der Waals surface area contributed by atoms with E-state index in [1.165, 1.54) is 4.90 Å². The highest BCUT2D eigenvalue weighted by molar-refractivity contribution is 5.92. The zero-order chi connectivity index (χ0) is 20.2. The Kier molecular flexibility index (Phi) is 5.41. The number of amides is 1. The van der Waals surface area contributed by atoms with Gasteiger partial charge in [-0.25, -0.2) is 4.79 Å². The molecule has 0 bridgehead atoms. The Balaban J connectivity index is 1.27. The minimum Gasteiger partial charge on any atom is -0.486 e. The summed E-state index contributed by atoms with van der Waals surface area (Å²) in [5.74, 6) is 1.47. The second-order valence-electron chi connectivity index (χ2n) is 6.71. The first-order valence-electron chi connectivity index (χ1n) is 9.29. The van der Waals surface area contributed by atoms with Crippen molar-refractivity contribution in [1.29, 1.82) is 0 Å². The number of ether oxygens (including phenoxy) is 5. The van der Waals surface area contributed by atoms with Gasteiger partial charge in [-0.1, -0.05) is 12.1 Å². The average molecular weight is 399 g/mol. The standard InChI is InChI=1S/C21H21NO7/c1-22(11-15-12-27-16-4-2-3-5-18(16)29-15)20(23)13-28-21(24)14-6-7-17-19(10-14)26-9-8-25-17/h2-7,10,15H,8-9,11-13H2,1H3/t15-/m1/s1. The van der Waals surface area contributed by atoms with E-state index in [0.717, 1.165) is 0 Å². The summed E-state index contributed by atoms with van der Waals surface area (Å²) in [7, 11) is 1.63. The molecule has 4 rings (SSSR count). The highest BCUT2D eigenvalue weighted by atomic mass is 16.6. The number of rotatable bonds is 5. The smallest absolute Gasteiger partial charge is 0.338 e. The lowest BCUT2D eigenvalue weighted by Gasteiger charge is -2.29. The van der Waals surface area contributed by atoms with Crippen molar-refractivity contribution in [3.05, 3.63) is 48.0 Å². The summed E-state index contributed by atoms with van der Waals surface area (Å²) in [5, 5.41) is 0. The van der Waals surface area contributed by atoms with Gasteiger partial charge in [-0.2, -0.15) is 0 Å². The molecule has 2 aromatic carbocycles. The average Bonchev–Trinajstić information content (AvgIpc) is 2.76. The number of benzene rings is 2. The third-order valence-electron chi connectivity index (χ3n) is 4.58. The van der Waals surface area contributed by atoms with E-state index in [-0.39, 0.29) is 18.6 Å². The fourth-order valence-electron chi connectivity index (χ4n) is 3.05. The molecule has 8 heteroatoms. The zero-order valence-corrected chi connectivity index (χ0v) is 16.0. The van der Waals surface area contributed by atoms with E-state index in [9.17, 15) is 9.59 Å². The molecule has 8 nitrogen and oxygen atoms in total. The van der Waals surface area contributed by atoms with E-state index in [1.807, 2.05) is 24.3 Å². The summed E-state index contributed by atoms with van der Waals surface area (Å²) in [5.41, 5.74) is 0.297. The Hall–Kier alpha value is -3.42. The summed E-state index contributed by atoms with van der Waals surface area (Å²) in [6.07, 6.45) is -0.299. The van der Waals surface area contributed by atoms with Crippen LogP contribution < -0.4 is 18.9 Å². The van der Waals surface area contributed by atoms with Crippen molar-refractivity contribution in [2.24, 2.45) is 0 Å². The van der Waals surface area contributed by atoms with Gasteiger partial charge in [0.25, 0.3) is 5.91 Å². The Labute approximate surface area is 167 Å². The van der Waals surface area contributed by atoms with Gasteiger partial charge in [-0.15, -0.1) is 0 Å². The normalized spacial score (nSPS) is 16.7. The maximum absolute atomic E-state index is 12.3. The van der Waals surface area contributed by atoms with E-state index in [0.29, 0.717) is 54.9 Å². The highest BCUT2D eigenvalue weighted by Gasteiger charge is 2.24. The number of esters is 1. The summed E-state index contributed by atoms with van der Waals surface area (Å²) in [4.78, 5) is 26.0. The molecule has 2 aliphatic heterocycles. The number of para-hydroxylation sites is 2. The fourth-order valence-corrected chi connectivity index (χ4v) is 3.05. The Morgan fingerprint density at radius 1 is 1.00 bits per heavy atom. The van der Waals surface area contributed by atoms with Gasteiger partial charge in [0.15, 0.2) is 35.7 Å². The van der Waals surface area contributed by atoms with Crippen LogP contribution >= 0.6 is 0 Å². The van der Waals surface area contributed by atoms with Crippen molar-refractivity contribution in [3.8, 4) is 23.0 Å². The molecule has 0 saturated heterocycles. The van der Waals surface area contributed by atoms with Crippen molar-refractivity contribution in [3.63, 3.8) is 0 Å². The predicted molar refractivity (Wildman–Crippen MR) is 102 cm³/mol. The van der Waals surface area contributed by atoms with Crippen LogP contribution in [0.3, 0.4) is 0 Å². The van der Waals surface area contributed by atoms with E-state index in [1.54, 1.807) is 25.2 Å². The van der Waals surface area contributed by atoms with Crippen LogP contribution in [-0.4, -0.2) is 62.9 Å². The molecule has 29 heavy (non-hydrogen) atoms. The maximum Gasteiger partial charge on any atom is 0.338 e. The van der Waals surface area contributed by atoms with Crippen LogP contribution in [0.2, 0.25) is 0 Å². The summed E-state index contributed by atoms with van der Waals surface area (Å²) in [6.45, 7) is 1.18. The molecule has 2 aliphatic rings. The topological polar surface area (TPSA) is 83.5 Å². The van der Waals surface area contributed by atoms with E-state index in [2.05, 4.69) is 0 Å². The van der Waals surface area contributed by atoms with Crippen LogP contribution in [0.5, 0.6) is 23.0 Å². The molecule has 0 N–H and O–H groups in total. The monoisotopic (exact) mass is 399 g/mol. The molecule has 0 saturated carbocycles. The van der Waals surface area contributed by atoms with Crippen molar-refractivity contribution >= 4 is 11.9 Å². The van der Waals surface area contributed by atoms with Crippen LogP contribution in [0.4, 0.5) is 0 Å². The molecule has 0 spiro atoms. The van der Waals surface area contributed by atoms with Gasteiger partial charge >= 0.3 is 5.97 Å². The van der Waals surface area contributed by atoms with Crippen molar-refractivity contribution in [1.82, 2.24) is 4.90 Å². The van der Waals surface area contributed by atoms with Gasteiger partial charge in [-0.3, -0.25) is 4.79 Å². The van der Waals surface area contributed by atoms with Gasteiger partial charge < -0.3 is 28.6 Å². The number of carbonyl (C=O) groups excluding carboxylic acids is 2. The third kappa shape index (κ3) is 4.37. The third-order valence-corrected chi connectivity index (χ3v) is 4.58. The molecule has 1 atom stereocenters. The number of fused-ring (bicyclic) bond motifs is 2. The lowest BCUT2D eigenvalue weighted by Crippen LogP contribution is -2.43. The Bertz CT molecular complexity index is 914. The Morgan fingerprint density at radius 3 is 2.55 bits per heavy atom. The van der Waals surface area contributed by atoms with Gasteiger partial charge in [0.2, 0.25) is 0 Å². The molecule has 0 fully saturated rings. The van der Waals surface area contributed by atoms with Crippen molar-refractivity contribution in [2.75, 3.05) is 40.0 Å². The first-order valence-corrected chi connectivity index (χ1v) is 9.29. The van der Waals surface area contributed by atoms with Crippen LogP contribution in [0, 0.1) is 0 Å². The highest BCUT2D eigenvalue weighted by Crippen LogP contribution is 2.32. The first-order chi connectivity index (χ1) is 14.1. The van der Waals surface area contributed by atoms with Crippen LogP contribution in [-0.2, 0) is 9.53 Å². The number of hydrogen-bond donors (Lipinski definition) is 0. The second-order valence-corrected chi connectivity index (χ2v) is 6.71. The number of carbonyl (C=O) groups is 2. The van der Waals surface area contributed by atoms with Gasteiger partial charge in [0.1, 0.15) is 19.8 Å². The Morgan fingerprint density at radius 2 is 1.72 bits per heavy atom. The molecule has 1 amide bonds. The molecule has 2 aromatic rings. The summed E-state index contributed by atoms with van der Waals surface area (Å²) in [6, 6.07) is 12.2. The van der Waals surface area contributed by atoms with Crippen LogP contribution in [0.1, 0.15) is 10.4 Å². The molecule has 0 unspecified atom stereocenters. The first kappa shape index (κ1) is 18.9. The minimum absolute atomic E-state index is 0.297. The van der Waals surface area contributed by atoms with E-state index < -0.39 is 5.97 Å². The lowest BCUT2D eigenvalue weighted by molar-refractivity contribution is -0.134. The molecular weight excluding hydrogens is 378 g/mol. The molecule has 0 aromatic heterocycles. The van der Waals surface area contributed by atoms with Crippen LogP contribution in [0.25, 0.3) is 0 Å². The van der Waals surface area contributed by atoms with E-state index in [4.69, 9.17) is 23.7 Å². The molecular formula is C21H21NO7. The molecule has 152 valence electrons. The molecule has 0 radical (unpaired) electrons. The van der Waals surface area contributed by atoms with E-state index >= 15 is 0 Å². The van der Waals surface area contributed by atoms with Crippen LogP contribution in [0.15, 0.2) is 42.5 Å². The van der Waals surface area contributed by atoms with Crippen molar-refractivity contribution < 1.29 is 33.3 Å². The largest absolute Gasteiger partial charge is 0.486 e. The number of hydrogen-bond acceptors (Lipinski definition) is 7. The maximum atomic E-state index is 12.3. The van der Waals surface area contributed by atoms with Gasteiger partial charge in [0, 0.05) is 7.05 Å². The SMILES string of the molecule is CN(C[C@@H]1COc2ccccc2O1)C(=O)COC(=O)c1ccc2c(c1)OCCO2. The molecule has 2 heterocycles. The fraction of sp³-hybridized carbons (Fsp3) is 0.333. The summed E-state index contributed by atoms with van der Waals surface area (Å²) < 4.78 is 27.5. The van der Waals surface area contributed by atoms with Gasteiger partial charge in [0.05, 0.1) is 12.1 Å². The minimum atomic E-state index is -0.602. The van der Waals surface area contributed by atoms with Gasteiger partial charge in [-0.05, 0) is 30.3 Å². The summed E-state index contributed by atoms with van der Waals surface area (Å²) >= 11 is 0. The zero-order valence-electron chi connectivity index (χ0n) is 16.0. The molecule has 0 aliphatic carbocycles. The number of nitrogens with zero attached hydrogens (tertiary/aromatic N) is 1. The second kappa shape index (κ2) is 8.30.